The summed E-state index contributed by atoms with van der Waals surface area (Å²) in [6.07, 6.45) is 0. The number of nitrogens with zero attached hydrogens (tertiary/aromatic N) is 1. The number of hydrogen-bond acceptors (Lipinski definition) is 4. The summed E-state index contributed by atoms with van der Waals surface area (Å²) in [6, 6.07) is 4.70. The van der Waals surface area contributed by atoms with Crippen molar-refractivity contribution in [3.63, 3.8) is 0 Å². The summed E-state index contributed by atoms with van der Waals surface area (Å²) >= 11 is 1.17. The van der Waals surface area contributed by atoms with Gasteiger partial charge in [-0.15, -0.1) is 0 Å². The van der Waals surface area contributed by atoms with E-state index in [1.807, 2.05) is 0 Å². The minimum atomic E-state index is -0.188. The van der Waals surface area contributed by atoms with Crippen molar-refractivity contribution >= 4 is 27.5 Å². The fraction of sp³-hybridized carbons (Fsp3) is 0.111. The van der Waals surface area contributed by atoms with Gasteiger partial charge in [0.2, 0.25) is 5.91 Å². The summed E-state index contributed by atoms with van der Waals surface area (Å²) in [5, 5.41) is 16.8. The molecular weight excluding hydrogens is 200 g/mol. The highest BCUT2D eigenvalue weighted by molar-refractivity contribution is 7.16. The highest BCUT2D eigenvalue weighted by atomic mass is 32.1. The van der Waals surface area contributed by atoms with Crippen molar-refractivity contribution in [1.82, 2.24) is 4.57 Å². The van der Waals surface area contributed by atoms with Gasteiger partial charge >= 0.3 is 0 Å². The predicted molar refractivity (Wildman–Crippen MR) is 53.6 cm³/mol. The Morgan fingerprint density at radius 1 is 1.57 bits per heavy atom. The predicted octanol–water partition coefficient (Wildman–Crippen LogP) is 1.55. The van der Waals surface area contributed by atoms with Crippen molar-refractivity contribution in [2.75, 3.05) is 0 Å². The third kappa shape index (κ3) is 1.22. The second kappa shape index (κ2) is 2.95. The number of fused-ring (bicyclic) bond motifs is 1. The number of carbonyl (C=O) groups excluding carboxylic acids is 1. The average molecular weight is 208 g/mol. The topological polar surface area (TPSA) is 66.1 Å². The van der Waals surface area contributed by atoms with Gasteiger partial charge in [-0.1, -0.05) is 11.3 Å². The van der Waals surface area contributed by atoms with Gasteiger partial charge in [-0.05, 0) is 18.2 Å². The van der Waals surface area contributed by atoms with E-state index in [9.17, 15) is 9.90 Å². The van der Waals surface area contributed by atoms with Crippen LogP contribution in [-0.2, 0) is 0 Å². The molecule has 5 heteroatoms. The molecule has 2 rings (SSSR count). The molecule has 0 amide bonds. The Hall–Kier alpha value is -1.62. The van der Waals surface area contributed by atoms with E-state index in [2.05, 4.69) is 0 Å². The van der Waals surface area contributed by atoms with Crippen LogP contribution >= 0.6 is 11.3 Å². The van der Waals surface area contributed by atoms with Gasteiger partial charge in [0.05, 0.1) is 10.2 Å². The van der Waals surface area contributed by atoms with Gasteiger partial charge in [0.15, 0.2) is 4.80 Å². The maximum atomic E-state index is 11.2. The standard InChI is InChI=1S/C9H8N2O2S/c1-5(12)11-7-3-2-6(13)4-8(7)14-9(11)10/h2-4,10,13H,1H3. The van der Waals surface area contributed by atoms with Gasteiger partial charge < -0.3 is 5.11 Å². The average Bonchev–Trinajstić information content (AvgIpc) is 2.39. The van der Waals surface area contributed by atoms with Crippen LogP contribution in [0, 0.1) is 5.41 Å². The Morgan fingerprint density at radius 2 is 2.29 bits per heavy atom. The largest absolute Gasteiger partial charge is 0.508 e. The van der Waals surface area contributed by atoms with Crippen LogP contribution in [0.1, 0.15) is 11.7 Å². The van der Waals surface area contributed by atoms with Crippen LogP contribution in [0.2, 0.25) is 0 Å². The van der Waals surface area contributed by atoms with Crippen molar-refractivity contribution in [3.8, 4) is 5.75 Å². The van der Waals surface area contributed by atoms with Crippen LogP contribution in [0.25, 0.3) is 10.2 Å². The number of hydrogen-bond donors (Lipinski definition) is 2. The lowest BCUT2D eigenvalue weighted by atomic mass is 10.3. The zero-order valence-electron chi connectivity index (χ0n) is 7.44. The second-order valence-corrected chi connectivity index (χ2v) is 3.94. The molecule has 1 heterocycles. The Bertz CT molecular complexity index is 568. The first-order chi connectivity index (χ1) is 6.59. The van der Waals surface area contributed by atoms with E-state index in [1.54, 1.807) is 12.1 Å². The first kappa shape index (κ1) is 8.96. The first-order valence-electron chi connectivity index (χ1n) is 3.99. The maximum absolute atomic E-state index is 11.2. The molecule has 0 radical (unpaired) electrons. The van der Waals surface area contributed by atoms with Crippen LogP contribution in [-0.4, -0.2) is 15.6 Å². The summed E-state index contributed by atoms with van der Waals surface area (Å²) in [4.78, 5) is 11.4. The second-order valence-electron chi connectivity index (χ2n) is 2.91. The van der Waals surface area contributed by atoms with Crippen molar-refractivity contribution in [2.24, 2.45) is 0 Å². The number of benzene rings is 1. The molecule has 0 spiro atoms. The number of carbonyl (C=O) groups is 1. The van der Waals surface area contributed by atoms with E-state index in [0.717, 1.165) is 4.70 Å². The summed E-state index contributed by atoms with van der Waals surface area (Å²) in [7, 11) is 0. The maximum Gasteiger partial charge on any atom is 0.230 e. The number of rotatable bonds is 0. The lowest BCUT2D eigenvalue weighted by Gasteiger charge is -1.97. The molecule has 0 aliphatic rings. The van der Waals surface area contributed by atoms with E-state index >= 15 is 0 Å². The molecule has 4 nitrogen and oxygen atoms in total. The SMILES string of the molecule is CC(=O)n1c(=N)sc2cc(O)ccc21. The lowest BCUT2D eigenvalue weighted by molar-refractivity contribution is 0.0938. The third-order valence-electron chi connectivity index (χ3n) is 1.91. The van der Waals surface area contributed by atoms with Crippen LogP contribution in [0.3, 0.4) is 0 Å². The van der Waals surface area contributed by atoms with Crippen molar-refractivity contribution in [2.45, 2.75) is 6.92 Å². The summed E-state index contributed by atoms with van der Waals surface area (Å²) in [5.41, 5.74) is 0.672. The molecule has 0 saturated heterocycles. The molecule has 1 aromatic carbocycles. The molecule has 1 aromatic heterocycles. The number of nitrogens with one attached hydrogen (secondary N) is 1. The fourth-order valence-electron chi connectivity index (χ4n) is 1.34. The van der Waals surface area contributed by atoms with Crippen LogP contribution in [0.15, 0.2) is 18.2 Å². The molecule has 0 bridgehead atoms. The molecular formula is C9H8N2O2S. The molecule has 0 atom stereocenters. The van der Waals surface area contributed by atoms with Gasteiger partial charge in [-0.2, -0.15) is 0 Å². The van der Waals surface area contributed by atoms with E-state index in [0.29, 0.717) is 5.52 Å². The van der Waals surface area contributed by atoms with Crippen LogP contribution in [0.4, 0.5) is 0 Å². The highest BCUT2D eigenvalue weighted by Gasteiger charge is 2.08. The zero-order valence-corrected chi connectivity index (χ0v) is 8.26. The van der Waals surface area contributed by atoms with E-state index in [-0.39, 0.29) is 16.5 Å². The fourth-order valence-corrected chi connectivity index (χ4v) is 2.31. The first-order valence-corrected chi connectivity index (χ1v) is 4.81. The quantitative estimate of drug-likeness (QED) is 0.689. The number of phenols is 1. The number of thiazole rings is 1. The molecule has 0 fully saturated rings. The Balaban J connectivity index is 2.91. The summed E-state index contributed by atoms with van der Waals surface area (Å²) < 4.78 is 2.06. The minimum Gasteiger partial charge on any atom is -0.508 e. The molecule has 0 unspecified atom stereocenters. The van der Waals surface area contributed by atoms with Gasteiger partial charge in [0.25, 0.3) is 0 Å². The Morgan fingerprint density at radius 3 is 2.93 bits per heavy atom. The van der Waals surface area contributed by atoms with Crippen molar-refractivity contribution < 1.29 is 9.90 Å². The smallest absolute Gasteiger partial charge is 0.230 e. The van der Waals surface area contributed by atoms with E-state index in [1.165, 1.54) is 28.9 Å². The van der Waals surface area contributed by atoms with Crippen molar-refractivity contribution in [3.05, 3.63) is 23.0 Å². The molecule has 2 N–H and O–H groups in total. The molecule has 0 aliphatic carbocycles. The van der Waals surface area contributed by atoms with Crippen molar-refractivity contribution in [1.29, 1.82) is 5.41 Å². The summed E-state index contributed by atoms with van der Waals surface area (Å²) in [5.74, 6) is -0.0404. The molecule has 14 heavy (non-hydrogen) atoms. The Labute approximate surface area is 83.6 Å². The summed E-state index contributed by atoms with van der Waals surface area (Å²) in [6.45, 7) is 1.41. The van der Waals surface area contributed by atoms with E-state index in [4.69, 9.17) is 5.41 Å². The van der Waals surface area contributed by atoms with Crippen LogP contribution < -0.4 is 4.80 Å². The van der Waals surface area contributed by atoms with Crippen LogP contribution in [0.5, 0.6) is 5.75 Å². The lowest BCUT2D eigenvalue weighted by Crippen LogP contribution is -2.18. The third-order valence-corrected chi connectivity index (χ3v) is 2.83. The number of aromatic nitrogens is 1. The number of phenolic OH excluding ortho intramolecular Hbond substituents is 1. The molecule has 0 aliphatic heterocycles. The highest BCUT2D eigenvalue weighted by Crippen LogP contribution is 2.21. The number of aromatic hydroxyl groups is 1. The Kier molecular flexibility index (Phi) is 1.89. The molecule has 0 saturated carbocycles. The monoisotopic (exact) mass is 208 g/mol. The normalized spacial score (nSPS) is 10.6. The minimum absolute atomic E-state index is 0.148. The van der Waals surface area contributed by atoms with Gasteiger partial charge in [-0.3, -0.25) is 14.8 Å². The van der Waals surface area contributed by atoms with Gasteiger partial charge in [0, 0.05) is 6.92 Å². The zero-order chi connectivity index (χ0) is 10.3. The molecule has 2 aromatic rings. The van der Waals surface area contributed by atoms with Gasteiger partial charge in [0.1, 0.15) is 5.75 Å². The van der Waals surface area contributed by atoms with Gasteiger partial charge in [-0.25, -0.2) is 0 Å². The van der Waals surface area contributed by atoms with E-state index < -0.39 is 0 Å². The molecule has 72 valence electrons.